The van der Waals surface area contributed by atoms with Crippen LogP contribution in [-0.4, -0.2) is 39.9 Å². The molecule has 26 heavy (non-hydrogen) atoms. The highest BCUT2D eigenvalue weighted by Gasteiger charge is 2.49. The Labute approximate surface area is 152 Å². The number of aromatic nitrogens is 2. The topological polar surface area (TPSA) is 58.1 Å². The number of likely N-dealkylation sites (tertiary alicyclic amines) is 1. The van der Waals surface area contributed by atoms with E-state index in [0.29, 0.717) is 24.4 Å². The first-order valence-corrected chi connectivity index (χ1v) is 9.17. The Balaban J connectivity index is 1.25. The third-order valence-electron chi connectivity index (χ3n) is 5.65. The van der Waals surface area contributed by atoms with Gasteiger partial charge >= 0.3 is 0 Å². The molecule has 0 radical (unpaired) electrons. The van der Waals surface area contributed by atoms with Crippen LogP contribution in [0.2, 0.25) is 0 Å². The predicted molar refractivity (Wildman–Crippen MR) is 97.0 cm³/mol. The summed E-state index contributed by atoms with van der Waals surface area (Å²) >= 11 is 0. The highest BCUT2D eigenvalue weighted by Crippen LogP contribution is 2.49. The van der Waals surface area contributed by atoms with Crippen molar-refractivity contribution in [2.24, 2.45) is 5.41 Å². The van der Waals surface area contributed by atoms with Crippen LogP contribution in [0.5, 0.6) is 0 Å². The number of nitrogens with one attached hydrogen (secondary N) is 1. The second-order valence-corrected chi connectivity index (χ2v) is 7.50. The van der Waals surface area contributed by atoms with Gasteiger partial charge in [-0.3, -0.25) is 4.79 Å². The molecule has 6 heteroatoms. The maximum Gasteiger partial charge on any atom is 0.222 e. The van der Waals surface area contributed by atoms with Crippen molar-refractivity contribution in [1.82, 2.24) is 14.9 Å². The molecule has 0 bridgehead atoms. The quantitative estimate of drug-likeness (QED) is 0.897. The zero-order chi connectivity index (χ0) is 18.0. The fourth-order valence-electron chi connectivity index (χ4n) is 4.25. The SMILES string of the molecule is O=C(CCc1ccccc1F)N1CCC2(CC(Nc3ccncn3)C2)C1. The molecule has 136 valence electrons. The van der Waals surface area contributed by atoms with Gasteiger partial charge in [-0.05, 0) is 48.8 Å². The molecule has 1 amide bonds. The molecule has 0 atom stereocenters. The number of nitrogens with zero attached hydrogens (tertiary/aromatic N) is 3. The minimum atomic E-state index is -0.226. The molecule has 1 saturated heterocycles. The van der Waals surface area contributed by atoms with Gasteiger partial charge in [0.05, 0.1) is 0 Å². The Morgan fingerprint density at radius 2 is 2.15 bits per heavy atom. The van der Waals surface area contributed by atoms with Crippen LogP contribution in [0.15, 0.2) is 42.9 Å². The number of anilines is 1. The molecule has 1 aromatic carbocycles. The highest BCUT2D eigenvalue weighted by molar-refractivity contribution is 5.77. The molecule has 2 heterocycles. The van der Waals surface area contributed by atoms with Gasteiger partial charge in [-0.15, -0.1) is 0 Å². The molecule has 0 unspecified atom stereocenters. The van der Waals surface area contributed by atoms with Crippen LogP contribution < -0.4 is 5.32 Å². The normalized spacial score (nSPS) is 24.5. The maximum atomic E-state index is 13.7. The lowest BCUT2D eigenvalue weighted by atomic mass is 9.65. The number of rotatable bonds is 5. The van der Waals surface area contributed by atoms with Crippen molar-refractivity contribution in [2.75, 3.05) is 18.4 Å². The number of aryl methyl sites for hydroxylation is 1. The number of amides is 1. The summed E-state index contributed by atoms with van der Waals surface area (Å²) in [6.07, 6.45) is 7.30. The van der Waals surface area contributed by atoms with Gasteiger partial charge in [0.1, 0.15) is 18.0 Å². The Morgan fingerprint density at radius 3 is 2.92 bits per heavy atom. The molecule has 2 fully saturated rings. The fraction of sp³-hybridized carbons (Fsp3) is 0.450. The van der Waals surface area contributed by atoms with E-state index in [1.807, 2.05) is 17.0 Å². The largest absolute Gasteiger partial charge is 0.367 e. The molecule has 4 rings (SSSR count). The molecule has 1 aliphatic heterocycles. The fourth-order valence-corrected chi connectivity index (χ4v) is 4.25. The smallest absolute Gasteiger partial charge is 0.222 e. The zero-order valence-electron chi connectivity index (χ0n) is 14.7. The molecular formula is C20H23FN4O. The summed E-state index contributed by atoms with van der Waals surface area (Å²) in [4.78, 5) is 22.6. The average Bonchev–Trinajstić information content (AvgIpc) is 3.07. The number of carbonyl (C=O) groups is 1. The van der Waals surface area contributed by atoms with E-state index in [4.69, 9.17) is 0 Å². The zero-order valence-corrected chi connectivity index (χ0v) is 14.7. The van der Waals surface area contributed by atoms with Gasteiger partial charge in [-0.25, -0.2) is 14.4 Å². The Bertz CT molecular complexity index is 776. The third-order valence-corrected chi connectivity index (χ3v) is 5.65. The molecule has 2 aromatic rings. The first-order valence-electron chi connectivity index (χ1n) is 9.17. The van der Waals surface area contributed by atoms with Crippen LogP contribution in [0.1, 0.15) is 31.2 Å². The minimum absolute atomic E-state index is 0.136. The summed E-state index contributed by atoms with van der Waals surface area (Å²) in [6, 6.07) is 8.98. The van der Waals surface area contributed by atoms with Crippen molar-refractivity contribution < 1.29 is 9.18 Å². The van der Waals surface area contributed by atoms with Gasteiger partial charge in [0, 0.05) is 31.7 Å². The number of halogens is 1. The lowest BCUT2D eigenvalue weighted by molar-refractivity contribution is -0.130. The van der Waals surface area contributed by atoms with Crippen LogP contribution in [0.3, 0.4) is 0 Å². The first-order chi connectivity index (χ1) is 12.6. The minimum Gasteiger partial charge on any atom is -0.367 e. The van der Waals surface area contributed by atoms with Crippen molar-refractivity contribution in [3.05, 3.63) is 54.2 Å². The summed E-state index contributed by atoms with van der Waals surface area (Å²) < 4.78 is 13.7. The first kappa shape index (κ1) is 16.9. The van der Waals surface area contributed by atoms with Crippen molar-refractivity contribution in [3.8, 4) is 0 Å². The summed E-state index contributed by atoms with van der Waals surface area (Å²) in [7, 11) is 0. The van der Waals surface area contributed by atoms with Gasteiger partial charge in [-0.2, -0.15) is 0 Å². The van der Waals surface area contributed by atoms with Crippen molar-refractivity contribution in [3.63, 3.8) is 0 Å². The summed E-state index contributed by atoms with van der Waals surface area (Å²) in [5, 5.41) is 3.43. The van der Waals surface area contributed by atoms with Crippen LogP contribution in [0.4, 0.5) is 10.2 Å². The second kappa shape index (κ2) is 7.02. The Hall–Kier alpha value is -2.50. The number of carbonyl (C=O) groups excluding carboxylic acids is 1. The predicted octanol–water partition coefficient (Wildman–Crippen LogP) is 3.04. The van der Waals surface area contributed by atoms with E-state index in [1.165, 1.54) is 6.07 Å². The molecule has 1 N–H and O–H groups in total. The third kappa shape index (κ3) is 3.54. The molecule has 5 nitrogen and oxygen atoms in total. The molecule has 1 aromatic heterocycles. The van der Waals surface area contributed by atoms with Gasteiger partial charge < -0.3 is 10.2 Å². The van der Waals surface area contributed by atoms with E-state index in [9.17, 15) is 9.18 Å². The number of hydrogen-bond acceptors (Lipinski definition) is 4. The molecular weight excluding hydrogens is 331 g/mol. The standard InChI is InChI=1S/C20H23FN4O/c21-17-4-2-1-3-15(17)5-6-19(26)25-10-8-20(13-25)11-16(12-20)24-18-7-9-22-14-23-18/h1-4,7,9,14,16H,5-6,8,10-13H2,(H,22,23,24). The monoisotopic (exact) mass is 354 g/mol. The van der Waals surface area contributed by atoms with Crippen molar-refractivity contribution in [1.29, 1.82) is 0 Å². The van der Waals surface area contributed by atoms with Crippen LogP contribution in [-0.2, 0) is 11.2 Å². The lowest BCUT2D eigenvalue weighted by Crippen LogP contribution is -2.47. The van der Waals surface area contributed by atoms with E-state index in [1.54, 1.807) is 24.7 Å². The van der Waals surface area contributed by atoms with Gasteiger partial charge in [0.15, 0.2) is 0 Å². The molecule has 1 saturated carbocycles. The van der Waals surface area contributed by atoms with Crippen LogP contribution in [0.25, 0.3) is 0 Å². The van der Waals surface area contributed by atoms with Crippen LogP contribution in [0, 0.1) is 11.2 Å². The number of benzene rings is 1. The number of hydrogen-bond donors (Lipinski definition) is 1. The van der Waals surface area contributed by atoms with Gasteiger partial charge in [0.25, 0.3) is 0 Å². The summed E-state index contributed by atoms with van der Waals surface area (Å²) in [5.74, 6) is 0.767. The summed E-state index contributed by atoms with van der Waals surface area (Å²) in [6.45, 7) is 1.64. The lowest BCUT2D eigenvalue weighted by Gasteiger charge is -2.45. The van der Waals surface area contributed by atoms with Gasteiger partial charge in [0.2, 0.25) is 5.91 Å². The van der Waals surface area contributed by atoms with E-state index in [0.717, 1.165) is 38.2 Å². The Kier molecular flexibility index (Phi) is 4.57. The van der Waals surface area contributed by atoms with Crippen molar-refractivity contribution >= 4 is 11.7 Å². The van der Waals surface area contributed by atoms with Crippen molar-refractivity contribution in [2.45, 2.75) is 38.1 Å². The summed E-state index contributed by atoms with van der Waals surface area (Å²) in [5.41, 5.74) is 0.866. The van der Waals surface area contributed by atoms with E-state index < -0.39 is 0 Å². The van der Waals surface area contributed by atoms with E-state index in [2.05, 4.69) is 15.3 Å². The van der Waals surface area contributed by atoms with E-state index in [-0.39, 0.29) is 17.1 Å². The molecule has 1 aliphatic carbocycles. The maximum absolute atomic E-state index is 13.7. The highest BCUT2D eigenvalue weighted by atomic mass is 19.1. The van der Waals surface area contributed by atoms with Gasteiger partial charge in [-0.1, -0.05) is 18.2 Å². The van der Waals surface area contributed by atoms with Crippen LogP contribution >= 0.6 is 0 Å². The molecule has 1 spiro atoms. The average molecular weight is 354 g/mol. The van der Waals surface area contributed by atoms with E-state index >= 15 is 0 Å². The second-order valence-electron chi connectivity index (χ2n) is 7.50. The Morgan fingerprint density at radius 1 is 1.31 bits per heavy atom. The molecule has 2 aliphatic rings.